The van der Waals surface area contributed by atoms with Crippen LogP contribution < -0.4 is 0 Å². The van der Waals surface area contributed by atoms with E-state index in [4.69, 9.17) is 5.26 Å². The second kappa shape index (κ2) is 3.38. The minimum absolute atomic E-state index is 0.721. The first-order chi connectivity index (χ1) is 6.35. The van der Waals surface area contributed by atoms with Crippen LogP contribution in [0.5, 0.6) is 0 Å². The third kappa shape index (κ3) is 1.42. The van der Waals surface area contributed by atoms with Gasteiger partial charge in [-0.3, -0.25) is 0 Å². The van der Waals surface area contributed by atoms with E-state index >= 15 is 0 Å². The summed E-state index contributed by atoms with van der Waals surface area (Å²) in [6.45, 7) is 0. The van der Waals surface area contributed by atoms with Gasteiger partial charge in [0.2, 0.25) is 0 Å². The van der Waals surface area contributed by atoms with Crippen LogP contribution in [0.25, 0.3) is 10.9 Å². The summed E-state index contributed by atoms with van der Waals surface area (Å²) in [7, 11) is 0. The molecule has 0 radical (unpaired) electrons. The molecule has 0 bridgehead atoms. The Hall–Kier alpha value is -1.02. The molecule has 1 aromatic carbocycles. The van der Waals surface area contributed by atoms with E-state index in [2.05, 4.69) is 33.6 Å². The van der Waals surface area contributed by atoms with Crippen molar-refractivity contribution in [2.24, 2.45) is 0 Å². The number of nitriles is 1. The molecule has 0 aliphatic carbocycles. The average molecular weight is 282 g/mol. The van der Waals surface area contributed by atoms with Gasteiger partial charge in [0.05, 0.1) is 11.6 Å². The lowest BCUT2D eigenvalue weighted by Gasteiger charge is -1.93. The van der Waals surface area contributed by atoms with Crippen molar-refractivity contribution in [3.63, 3.8) is 0 Å². The van der Waals surface area contributed by atoms with Crippen molar-refractivity contribution in [1.29, 1.82) is 5.26 Å². The summed E-state index contributed by atoms with van der Waals surface area (Å²) >= 11 is 2.32. The summed E-state index contributed by atoms with van der Waals surface area (Å²) in [5.74, 6) is 0. The number of H-pyrrole nitrogens is 1. The van der Waals surface area contributed by atoms with Crippen LogP contribution in [0.3, 0.4) is 0 Å². The van der Waals surface area contributed by atoms with Crippen LogP contribution in [-0.2, 0) is 4.43 Å². The van der Waals surface area contributed by atoms with Gasteiger partial charge in [0.25, 0.3) is 0 Å². The molecule has 2 nitrogen and oxygen atoms in total. The molecule has 0 saturated carbocycles. The maximum Gasteiger partial charge on any atom is 0.0991 e. The van der Waals surface area contributed by atoms with E-state index in [1.807, 2.05) is 24.4 Å². The minimum atomic E-state index is 0.721. The summed E-state index contributed by atoms with van der Waals surface area (Å²) in [5, 5.41) is 9.90. The van der Waals surface area contributed by atoms with E-state index in [1.54, 1.807) is 0 Å². The summed E-state index contributed by atoms with van der Waals surface area (Å²) < 4.78 is 0.965. The molecule has 1 aromatic heterocycles. The number of hydrogen-bond acceptors (Lipinski definition) is 1. The maximum atomic E-state index is 8.74. The zero-order valence-electron chi connectivity index (χ0n) is 6.84. The van der Waals surface area contributed by atoms with Crippen LogP contribution in [0.1, 0.15) is 11.1 Å². The molecule has 0 atom stereocenters. The predicted molar refractivity (Wildman–Crippen MR) is 60.7 cm³/mol. The molecule has 2 aromatic rings. The van der Waals surface area contributed by atoms with Crippen LogP contribution in [-0.4, -0.2) is 4.98 Å². The van der Waals surface area contributed by atoms with Crippen LogP contribution >= 0.6 is 22.6 Å². The molecule has 64 valence electrons. The summed E-state index contributed by atoms with van der Waals surface area (Å²) in [6.07, 6.45) is 2.00. The smallest absolute Gasteiger partial charge is 0.0991 e. The van der Waals surface area contributed by atoms with Gasteiger partial charge in [-0.2, -0.15) is 5.26 Å². The Labute approximate surface area is 89.7 Å². The maximum absolute atomic E-state index is 8.74. The highest BCUT2D eigenvalue weighted by Gasteiger charge is 2.02. The minimum Gasteiger partial charge on any atom is -0.361 e. The van der Waals surface area contributed by atoms with Gasteiger partial charge in [0, 0.05) is 21.5 Å². The number of aromatic nitrogens is 1. The van der Waals surface area contributed by atoms with Crippen molar-refractivity contribution >= 4 is 33.5 Å². The van der Waals surface area contributed by atoms with E-state index in [-0.39, 0.29) is 0 Å². The second-order valence-electron chi connectivity index (χ2n) is 2.82. The van der Waals surface area contributed by atoms with Gasteiger partial charge in [-0.05, 0) is 23.8 Å². The number of alkyl halides is 1. The first kappa shape index (κ1) is 8.57. The van der Waals surface area contributed by atoms with Crippen molar-refractivity contribution in [1.82, 2.24) is 4.98 Å². The molecule has 0 unspecified atom stereocenters. The number of halogens is 1. The van der Waals surface area contributed by atoms with Gasteiger partial charge in [-0.1, -0.05) is 22.6 Å². The molecule has 1 N–H and O–H groups in total. The van der Waals surface area contributed by atoms with Gasteiger partial charge in [-0.25, -0.2) is 0 Å². The van der Waals surface area contributed by atoms with Crippen molar-refractivity contribution in [2.75, 3.05) is 0 Å². The molecule has 2 rings (SSSR count). The van der Waals surface area contributed by atoms with Gasteiger partial charge < -0.3 is 4.98 Å². The van der Waals surface area contributed by atoms with Crippen LogP contribution in [0, 0.1) is 11.3 Å². The Balaban J connectivity index is 2.73. The van der Waals surface area contributed by atoms with Gasteiger partial charge in [0.1, 0.15) is 0 Å². The number of nitrogens with one attached hydrogen (secondary N) is 1. The first-order valence-electron chi connectivity index (χ1n) is 3.91. The largest absolute Gasteiger partial charge is 0.361 e. The van der Waals surface area contributed by atoms with Crippen LogP contribution in [0.15, 0.2) is 24.4 Å². The molecule has 0 saturated heterocycles. The Morgan fingerprint density at radius 2 is 2.31 bits per heavy atom. The molecule has 3 heteroatoms. The van der Waals surface area contributed by atoms with Crippen molar-refractivity contribution in [3.05, 3.63) is 35.5 Å². The fourth-order valence-corrected chi connectivity index (χ4v) is 1.99. The summed E-state index contributed by atoms with van der Waals surface area (Å²) in [6, 6.07) is 7.85. The van der Waals surface area contributed by atoms with Crippen molar-refractivity contribution < 1.29 is 0 Å². The second-order valence-corrected chi connectivity index (χ2v) is 3.58. The van der Waals surface area contributed by atoms with Crippen LogP contribution in [0.4, 0.5) is 0 Å². The van der Waals surface area contributed by atoms with Crippen LogP contribution in [0.2, 0.25) is 0 Å². The fraction of sp³-hybridized carbons (Fsp3) is 0.100. The molecule has 0 aliphatic rings. The quantitative estimate of drug-likeness (QED) is 0.634. The molecule has 0 amide bonds. The molecule has 0 spiro atoms. The Kier molecular flexibility index (Phi) is 2.23. The Morgan fingerprint density at radius 3 is 3.00 bits per heavy atom. The summed E-state index contributed by atoms with van der Waals surface area (Å²) in [5.41, 5.74) is 3.08. The lowest BCUT2D eigenvalue weighted by Crippen LogP contribution is -1.76. The monoisotopic (exact) mass is 282 g/mol. The highest BCUT2D eigenvalue weighted by atomic mass is 127. The fourth-order valence-electron chi connectivity index (χ4n) is 1.36. The first-order valence-corrected chi connectivity index (χ1v) is 5.44. The number of rotatable bonds is 1. The van der Waals surface area contributed by atoms with Crippen molar-refractivity contribution in [3.8, 4) is 6.07 Å². The normalized spacial score (nSPS) is 10.2. The Morgan fingerprint density at radius 1 is 1.46 bits per heavy atom. The topological polar surface area (TPSA) is 39.6 Å². The SMILES string of the molecule is N#Cc1ccc2[nH]cc(CI)c2c1. The zero-order chi connectivity index (χ0) is 9.26. The highest BCUT2D eigenvalue weighted by Crippen LogP contribution is 2.21. The van der Waals surface area contributed by atoms with E-state index < -0.39 is 0 Å². The molecule has 13 heavy (non-hydrogen) atoms. The number of nitrogens with zero attached hydrogens (tertiary/aromatic N) is 1. The van der Waals surface area contributed by atoms with Gasteiger partial charge >= 0.3 is 0 Å². The third-order valence-corrected chi connectivity index (χ3v) is 2.86. The predicted octanol–water partition coefficient (Wildman–Crippen LogP) is 2.97. The van der Waals surface area contributed by atoms with E-state index in [1.165, 1.54) is 5.56 Å². The van der Waals surface area contributed by atoms with Gasteiger partial charge in [0.15, 0.2) is 0 Å². The molecule has 1 heterocycles. The number of benzene rings is 1. The lowest BCUT2D eigenvalue weighted by atomic mass is 10.1. The van der Waals surface area contributed by atoms with E-state index in [0.29, 0.717) is 0 Å². The third-order valence-electron chi connectivity index (χ3n) is 2.04. The molecular weight excluding hydrogens is 275 g/mol. The average Bonchev–Trinajstić information content (AvgIpc) is 2.59. The van der Waals surface area contributed by atoms with Gasteiger partial charge in [-0.15, -0.1) is 0 Å². The number of hydrogen-bond donors (Lipinski definition) is 1. The summed E-state index contributed by atoms with van der Waals surface area (Å²) in [4.78, 5) is 3.18. The van der Waals surface area contributed by atoms with Crippen molar-refractivity contribution in [2.45, 2.75) is 4.43 Å². The molecule has 0 fully saturated rings. The number of aromatic amines is 1. The standard InChI is InChI=1S/C10H7IN2/c11-4-8-6-13-10-2-1-7(5-12)3-9(8)10/h1-3,6,13H,4H2. The Bertz CT molecular complexity index is 479. The van der Waals surface area contributed by atoms with E-state index in [0.717, 1.165) is 20.9 Å². The lowest BCUT2D eigenvalue weighted by molar-refractivity contribution is 1.42. The van der Waals surface area contributed by atoms with E-state index in [9.17, 15) is 0 Å². The zero-order valence-corrected chi connectivity index (χ0v) is 9.00. The highest BCUT2D eigenvalue weighted by molar-refractivity contribution is 14.1. The molecule has 0 aliphatic heterocycles. The molecular formula is C10H7IN2. The number of fused-ring (bicyclic) bond motifs is 1.